The van der Waals surface area contributed by atoms with E-state index in [0.717, 1.165) is 57.3 Å². The second-order valence-electron chi connectivity index (χ2n) is 11.0. The molecule has 2 fully saturated rings. The maximum atomic E-state index is 13.1. The molecule has 2 aliphatic heterocycles. The van der Waals surface area contributed by atoms with Crippen LogP contribution in [0.2, 0.25) is 5.02 Å². The summed E-state index contributed by atoms with van der Waals surface area (Å²) in [6.07, 6.45) is 1.28. The number of nitrogens with zero attached hydrogens (tertiary/aromatic N) is 3. The Labute approximate surface area is 243 Å². The summed E-state index contributed by atoms with van der Waals surface area (Å²) in [6.45, 7) is 6.98. The number of aromatic nitrogens is 1. The number of nitrogens with one attached hydrogen (secondary N) is 1. The quantitative estimate of drug-likeness (QED) is 0.325. The molecule has 2 saturated heterocycles. The molecule has 10 heteroatoms. The Morgan fingerprint density at radius 3 is 2.34 bits per heavy atom. The van der Waals surface area contributed by atoms with Gasteiger partial charge in [0.15, 0.2) is 0 Å². The zero-order valence-electron chi connectivity index (χ0n) is 23.0. The van der Waals surface area contributed by atoms with Crippen molar-refractivity contribution < 1.29 is 22.7 Å². The molecule has 1 amide bonds. The fourth-order valence-corrected chi connectivity index (χ4v) is 5.78. The third kappa shape index (κ3) is 7.71. The summed E-state index contributed by atoms with van der Waals surface area (Å²) in [4.78, 5) is 22.6. The maximum absolute atomic E-state index is 13.1. The number of rotatable bonds is 7. The second kappa shape index (κ2) is 12.7. The highest BCUT2D eigenvalue weighted by Crippen LogP contribution is 2.33. The van der Waals surface area contributed by atoms with Gasteiger partial charge in [0.05, 0.1) is 10.6 Å². The number of piperidine rings is 2. The summed E-state index contributed by atoms with van der Waals surface area (Å²) in [7, 11) is 0. The number of amides is 1. The molecule has 0 saturated carbocycles. The topological polar surface area (TPSA) is 57.7 Å². The smallest absolute Gasteiger partial charge is 0.406 e. The van der Waals surface area contributed by atoms with Crippen molar-refractivity contribution in [3.63, 3.8) is 0 Å². The minimum absolute atomic E-state index is 0.0271. The number of halogens is 4. The van der Waals surface area contributed by atoms with Crippen LogP contribution in [0, 0.1) is 5.92 Å². The second-order valence-corrected chi connectivity index (χ2v) is 11.3. The van der Waals surface area contributed by atoms with Crippen LogP contribution in [0.4, 0.5) is 19.0 Å². The van der Waals surface area contributed by atoms with Gasteiger partial charge in [-0.05, 0) is 67.0 Å². The Hall–Kier alpha value is -3.30. The van der Waals surface area contributed by atoms with Gasteiger partial charge in [-0.15, -0.1) is 13.2 Å². The first-order chi connectivity index (χ1) is 19.6. The van der Waals surface area contributed by atoms with Crippen LogP contribution in [-0.4, -0.2) is 54.4 Å². The molecule has 0 unspecified atom stereocenters. The zero-order chi connectivity index (χ0) is 29.0. The molecule has 5 rings (SSSR count). The van der Waals surface area contributed by atoms with Crippen molar-refractivity contribution in [1.82, 2.24) is 15.2 Å². The maximum Gasteiger partial charge on any atom is 0.573 e. The molecule has 0 spiro atoms. The van der Waals surface area contributed by atoms with E-state index in [9.17, 15) is 18.0 Å². The Bertz CT molecular complexity index is 1320. The number of ether oxygens (including phenoxy) is 1. The van der Waals surface area contributed by atoms with E-state index in [1.165, 1.54) is 42.7 Å². The SMILES string of the molecule is CC1CCN(c2ccc(CN3CCC(NC(=O)c4cccc(-c5ccc(OC(F)(F)F)cc5)c4Cl)CC3)cn2)CC1. The summed E-state index contributed by atoms with van der Waals surface area (Å²) in [5, 5.41) is 3.36. The van der Waals surface area contributed by atoms with Gasteiger partial charge in [0.1, 0.15) is 11.6 Å². The lowest BCUT2D eigenvalue weighted by atomic mass is 9.99. The van der Waals surface area contributed by atoms with Gasteiger partial charge in [0, 0.05) is 50.5 Å². The van der Waals surface area contributed by atoms with Crippen molar-refractivity contribution in [2.45, 2.75) is 51.6 Å². The van der Waals surface area contributed by atoms with Crippen LogP contribution in [-0.2, 0) is 6.54 Å². The summed E-state index contributed by atoms with van der Waals surface area (Å²) in [5.74, 6) is 1.26. The molecule has 2 aromatic carbocycles. The van der Waals surface area contributed by atoms with E-state index < -0.39 is 6.36 Å². The number of carbonyl (C=O) groups excluding carboxylic acids is 1. The van der Waals surface area contributed by atoms with Gasteiger partial charge in [-0.3, -0.25) is 9.69 Å². The number of benzene rings is 2. The molecule has 2 aliphatic rings. The van der Waals surface area contributed by atoms with Crippen molar-refractivity contribution in [3.05, 3.63) is 76.9 Å². The Balaban J connectivity index is 1.13. The van der Waals surface area contributed by atoms with Gasteiger partial charge < -0.3 is 15.0 Å². The highest BCUT2D eigenvalue weighted by molar-refractivity contribution is 6.36. The van der Waals surface area contributed by atoms with Gasteiger partial charge in [-0.2, -0.15) is 0 Å². The molecular weight excluding hydrogens is 553 g/mol. The molecule has 0 radical (unpaired) electrons. The predicted molar refractivity (Wildman–Crippen MR) is 154 cm³/mol. The average molecular weight is 587 g/mol. The molecule has 1 N–H and O–H groups in total. The number of alkyl halides is 3. The van der Waals surface area contributed by atoms with E-state index in [1.807, 2.05) is 6.20 Å². The van der Waals surface area contributed by atoms with E-state index in [2.05, 4.69) is 38.9 Å². The molecule has 3 heterocycles. The van der Waals surface area contributed by atoms with Crippen LogP contribution in [0.5, 0.6) is 5.75 Å². The standard InChI is InChI=1S/C31H34ClF3N4O2/c1-21-11-17-39(18-12-21)28-10-5-22(19-36-28)20-38-15-13-24(14-16-38)37-30(40)27-4-2-3-26(29(27)32)23-6-8-25(9-7-23)41-31(33,34)35/h2-10,19,21,24H,11-18,20H2,1H3,(H,37,40). The minimum atomic E-state index is -4.76. The highest BCUT2D eigenvalue weighted by Gasteiger charge is 2.31. The number of anilines is 1. The third-order valence-corrected chi connectivity index (χ3v) is 8.30. The van der Waals surface area contributed by atoms with Crippen molar-refractivity contribution in [2.24, 2.45) is 5.92 Å². The van der Waals surface area contributed by atoms with Gasteiger partial charge in [0.2, 0.25) is 0 Å². The van der Waals surface area contributed by atoms with Gasteiger partial charge in [-0.1, -0.05) is 48.9 Å². The minimum Gasteiger partial charge on any atom is -0.406 e. The molecular formula is C31H34ClF3N4O2. The number of likely N-dealkylation sites (tertiary alicyclic amines) is 1. The first-order valence-corrected chi connectivity index (χ1v) is 14.4. The molecule has 0 bridgehead atoms. The van der Waals surface area contributed by atoms with Crippen molar-refractivity contribution in [2.75, 3.05) is 31.1 Å². The molecule has 0 aliphatic carbocycles. The predicted octanol–water partition coefficient (Wildman–Crippen LogP) is 6.93. The van der Waals surface area contributed by atoms with E-state index in [-0.39, 0.29) is 22.7 Å². The third-order valence-electron chi connectivity index (χ3n) is 7.89. The molecule has 1 aromatic heterocycles. The Morgan fingerprint density at radius 1 is 1.00 bits per heavy atom. The summed E-state index contributed by atoms with van der Waals surface area (Å²) < 4.78 is 41.3. The first-order valence-electron chi connectivity index (χ1n) is 14.0. The van der Waals surface area contributed by atoms with E-state index in [0.29, 0.717) is 16.7 Å². The van der Waals surface area contributed by atoms with Crippen LogP contribution in [0.25, 0.3) is 11.1 Å². The summed E-state index contributed by atoms with van der Waals surface area (Å²) >= 11 is 6.59. The molecule has 3 aromatic rings. The number of pyridine rings is 1. The average Bonchev–Trinajstić information content (AvgIpc) is 2.95. The summed E-state index contributed by atoms with van der Waals surface area (Å²) in [6, 6.07) is 14.8. The van der Waals surface area contributed by atoms with E-state index in [4.69, 9.17) is 16.6 Å². The first kappa shape index (κ1) is 29.2. The van der Waals surface area contributed by atoms with Crippen LogP contribution in [0.3, 0.4) is 0 Å². The van der Waals surface area contributed by atoms with Crippen LogP contribution >= 0.6 is 11.6 Å². The molecule has 41 heavy (non-hydrogen) atoms. The van der Waals surface area contributed by atoms with Crippen molar-refractivity contribution in [1.29, 1.82) is 0 Å². The lowest BCUT2D eigenvalue weighted by Crippen LogP contribution is -2.44. The van der Waals surface area contributed by atoms with Crippen molar-refractivity contribution >= 4 is 23.3 Å². The zero-order valence-corrected chi connectivity index (χ0v) is 23.7. The Morgan fingerprint density at radius 2 is 1.71 bits per heavy atom. The van der Waals surface area contributed by atoms with Gasteiger partial charge in [-0.25, -0.2) is 4.98 Å². The fraction of sp³-hybridized carbons (Fsp3) is 0.419. The normalized spacial score (nSPS) is 17.4. The van der Waals surface area contributed by atoms with Gasteiger partial charge >= 0.3 is 6.36 Å². The lowest BCUT2D eigenvalue weighted by Gasteiger charge is -2.33. The monoisotopic (exact) mass is 586 g/mol. The van der Waals surface area contributed by atoms with Crippen molar-refractivity contribution in [3.8, 4) is 16.9 Å². The summed E-state index contributed by atoms with van der Waals surface area (Å²) in [5.41, 5.74) is 2.66. The Kier molecular flexibility index (Phi) is 9.04. The van der Waals surface area contributed by atoms with Crippen LogP contribution < -0.4 is 15.0 Å². The number of hydrogen-bond acceptors (Lipinski definition) is 5. The van der Waals surface area contributed by atoms with E-state index in [1.54, 1.807) is 18.2 Å². The lowest BCUT2D eigenvalue weighted by molar-refractivity contribution is -0.274. The molecule has 6 nitrogen and oxygen atoms in total. The highest BCUT2D eigenvalue weighted by atomic mass is 35.5. The fourth-order valence-electron chi connectivity index (χ4n) is 5.46. The number of carbonyl (C=O) groups is 1. The van der Waals surface area contributed by atoms with Crippen LogP contribution in [0.1, 0.15) is 48.5 Å². The molecule has 0 atom stereocenters. The van der Waals surface area contributed by atoms with Crippen LogP contribution in [0.15, 0.2) is 60.8 Å². The largest absolute Gasteiger partial charge is 0.573 e. The molecule has 218 valence electrons. The number of hydrogen-bond donors (Lipinski definition) is 1. The van der Waals surface area contributed by atoms with E-state index >= 15 is 0 Å². The van der Waals surface area contributed by atoms with Gasteiger partial charge in [0.25, 0.3) is 5.91 Å².